The molecule has 0 spiro atoms. The maximum absolute atomic E-state index is 13.7. The Balaban J connectivity index is 1.55. The van der Waals surface area contributed by atoms with Gasteiger partial charge in [0.05, 0.1) is 6.42 Å². The number of ether oxygens (including phenoxy) is 2. The quantitative estimate of drug-likeness (QED) is 0.545. The molecule has 6 nitrogen and oxygen atoms in total. The largest absolute Gasteiger partial charge is 0.454 e. The van der Waals surface area contributed by atoms with Crippen molar-refractivity contribution in [1.29, 1.82) is 0 Å². The lowest BCUT2D eigenvalue weighted by molar-refractivity contribution is -0.127. The number of thiophene rings is 1. The Labute approximate surface area is 197 Å². The monoisotopic (exact) mass is 462 g/mol. The lowest BCUT2D eigenvalue weighted by Crippen LogP contribution is -2.46. The minimum absolute atomic E-state index is 0.145. The van der Waals surface area contributed by atoms with Crippen molar-refractivity contribution in [2.24, 2.45) is 0 Å². The number of nitrogens with one attached hydrogen (secondary N) is 1. The van der Waals surface area contributed by atoms with E-state index in [4.69, 9.17) is 9.47 Å². The van der Waals surface area contributed by atoms with Crippen LogP contribution < -0.4 is 19.7 Å². The van der Waals surface area contributed by atoms with E-state index in [2.05, 4.69) is 5.32 Å². The van der Waals surface area contributed by atoms with Crippen molar-refractivity contribution in [3.63, 3.8) is 0 Å². The fourth-order valence-electron chi connectivity index (χ4n) is 4.52. The Morgan fingerprint density at radius 2 is 1.79 bits per heavy atom. The molecule has 1 fully saturated rings. The van der Waals surface area contributed by atoms with E-state index in [0.29, 0.717) is 17.2 Å². The topological polar surface area (TPSA) is 67.9 Å². The molecule has 1 saturated carbocycles. The highest BCUT2D eigenvalue weighted by molar-refractivity contribution is 7.10. The summed E-state index contributed by atoms with van der Waals surface area (Å²) < 4.78 is 11.0. The van der Waals surface area contributed by atoms with Gasteiger partial charge in [0.1, 0.15) is 6.04 Å². The number of fused-ring (bicyclic) bond motifs is 1. The first-order chi connectivity index (χ1) is 16.2. The number of rotatable bonds is 7. The average molecular weight is 463 g/mol. The van der Waals surface area contributed by atoms with Gasteiger partial charge in [0.25, 0.3) is 0 Å². The summed E-state index contributed by atoms with van der Waals surface area (Å²) in [6.45, 7) is 0.145. The number of anilines is 1. The summed E-state index contributed by atoms with van der Waals surface area (Å²) in [7, 11) is 0. The maximum atomic E-state index is 13.7. The molecule has 1 aliphatic heterocycles. The smallest absolute Gasteiger partial charge is 0.248 e. The van der Waals surface area contributed by atoms with Gasteiger partial charge in [0, 0.05) is 22.7 Å². The Bertz CT molecular complexity index is 1110. The van der Waals surface area contributed by atoms with Crippen LogP contribution in [0.1, 0.15) is 42.2 Å². The number of carbonyl (C=O) groups is 2. The van der Waals surface area contributed by atoms with E-state index in [1.54, 1.807) is 17.0 Å². The second-order valence-electron chi connectivity index (χ2n) is 8.36. The lowest BCUT2D eigenvalue weighted by Gasteiger charge is -2.32. The molecule has 3 aromatic rings. The number of amides is 2. The van der Waals surface area contributed by atoms with Gasteiger partial charge in [-0.05, 0) is 42.0 Å². The van der Waals surface area contributed by atoms with Crippen LogP contribution in [0.5, 0.6) is 11.5 Å². The van der Waals surface area contributed by atoms with Crippen LogP contribution in [-0.4, -0.2) is 24.6 Å². The van der Waals surface area contributed by atoms with Crippen LogP contribution in [0.3, 0.4) is 0 Å². The molecule has 1 unspecified atom stereocenters. The third kappa shape index (κ3) is 4.73. The standard InChI is InChI=1S/C26H26N2O4S/c29-24(16-21-11-6-14-33-21)28(20-12-13-22-23(15-20)32-17-31-22)25(18-7-2-1-3-8-18)26(30)27-19-9-4-5-10-19/h1-3,6-8,11-15,19,25H,4-5,9-10,16-17H2,(H,27,30). The van der Waals surface area contributed by atoms with Gasteiger partial charge in [-0.2, -0.15) is 0 Å². The Morgan fingerprint density at radius 1 is 1.00 bits per heavy atom. The molecule has 0 bridgehead atoms. The van der Waals surface area contributed by atoms with E-state index in [1.165, 1.54) is 11.3 Å². The molecule has 7 heteroatoms. The molecule has 5 rings (SSSR count). The SMILES string of the molecule is O=C(NC1CCCC1)C(c1ccccc1)N(C(=O)Cc1cccs1)c1ccc2c(c1)OCO2. The maximum Gasteiger partial charge on any atom is 0.248 e. The number of benzene rings is 2. The van der Waals surface area contributed by atoms with Gasteiger partial charge in [0.15, 0.2) is 11.5 Å². The van der Waals surface area contributed by atoms with Crippen LogP contribution in [0.2, 0.25) is 0 Å². The normalized spacial score (nSPS) is 15.9. The highest BCUT2D eigenvalue weighted by Crippen LogP contribution is 2.38. The van der Waals surface area contributed by atoms with Crippen molar-refractivity contribution < 1.29 is 19.1 Å². The average Bonchev–Trinajstić information content (AvgIpc) is 3.60. The van der Waals surface area contributed by atoms with Gasteiger partial charge in [-0.15, -0.1) is 11.3 Å². The van der Waals surface area contributed by atoms with E-state index < -0.39 is 6.04 Å². The highest BCUT2D eigenvalue weighted by Gasteiger charge is 2.35. The lowest BCUT2D eigenvalue weighted by atomic mass is 10.0. The third-order valence-electron chi connectivity index (χ3n) is 6.13. The first kappa shape index (κ1) is 21.5. The molecule has 1 atom stereocenters. The first-order valence-electron chi connectivity index (χ1n) is 11.3. The van der Waals surface area contributed by atoms with E-state index in [0.717, 1.165) is 36.1 Å². The van der Waals surface area contributed by atoms with Crippen LogP contribution in [0.25, 0.3) is 0 Å². The molecule has 1 aliphatic carbocycles. The zero-order valence-corrected chi connectivity index (χ0v) is 19.1. The fourth-order valence-corrected chi connectivity index (χ4v) is 5.22. The van der Waals surface area contributed by atoms with Gasteiger partial charge in [-0.3, -0.25) is 14.5 Å². The van der Waals surface area contributed by atoms with Crippen LogP contribution in [0.4, 0.5) is 5.69 Å². The summed E-state index contributed by atoms with van der Waals surface area (Å²) in [4.78, 5) is 30.0. The molecule has 33 heavy (non-hydrogen) atoms. The number of hydrogen-bond acceptors (Lipinski definition) is 5. The van der Waals surface area contributed by atoms with Crippen LogP contribution >= 0.6 is 11.3 Å². The molecule has 170 valence electrons. The summed E-state index contributed by atoms with van der Waals surface area (Å²) in [5, 5.41) is 5.16. The number of carbonyl (C=O) groups excluding carboxylic acids is 2. The van der Waals surface area contributed by atoms with Gasteiger partial charge in [-0.25, -0.2) is 0 Å². The second-order valence-corrected chi connectivity index (χ2v) is 9.39. The summed E-state index contributed by atoms with van der Waals surface area (Å²) in [6.07, 6.45) is 4.39. The van der Waals surface area contributed by atoms with Crippen molar-refractivity contribution in [3.8, 4) is 11.5 Å². The Kier molecular flexibility index (Phi) is 6.30. The first-order valence-corrected chi connectivity index (χ1v) is 12.2. The van der Waals surface area contributed by atoms with Gasteiger partial charge in [-0.1, -0.05) is 49.2 Å². The van der Waals surface area contributed by atoms with Gasteiger partial charge < -0.3 is 14.8 Å². The number of hydrogen-bond donors (Lipinski definition) is 1. The highest BCUT2D eigenvalue weighted by atomic mass is 32.1. The van der Waals surface area contributed by atoms with Gasteiger partial charge in [0.2, 0.25) is 18.6 Å². The molecular weight excluding hydrogens is 436 g/mol. The van der Waals surface area contributed by atoms with Crippen LogP contribution in [-0.2, 0) is 16.0 Å². The summed E-state index contributed by atoms with van der Waals surface area (Å²) in [6, 6.07) is 18.1. The van der Waals surface area contributed by atoms with Gasteiger partial charge >= 0.3 is 0 Å². The predicted octanol–water partition coefficient (Wildman–Crippen LogP) is 4.85. The molecular formula is C26H26N2O4S. The van der Waals surface area contributed by atoms with Crippen LogP contribution in [0.15, 0.2) is 66.0 Å². The molecule has 1 N–H and O–H groups in total. The third-order valence-corrected chi connectivity index (χ3v) is 7.01. The Hall–Kier alpha value is -3.32. The number of nitrogens with zero attached hydrogens (tertiary/aromatic N) is 1. The van der Waals surface area contributed by atoms with Crippen LogP contribution in [0, 0.1) is 0 Å². The summed E-state index contributed by atoms with van der Waals surface area (Å²) in [5.74, 6) is 0.901. The van der Waals surface area contributed by atoms with E-state index in [1.807, 2.05) is 53.9 Å². The van der Waals surface area contributed by atoms with Crippen molar-refractivity contribution >= 4 is 28.8 Å². The zero-order valence-electron chi connectivity index (χ0n) is 18.2. The summed E-state index contributed by atoms with van der Waals surface area (Å²) >= 11 is 1.53. The predicted molar refractivity (Wildman–Crippen MR) is 128 cm³/mol. The van der Waals surface area contributed by atoms with Crippen molar-refractivity contribution in [1.82, 2.24) is 5.32 Å². The molecule has 2 heterocycles. The molecule has 2 amide bonds. The zero-order chi connectivity index (χ0) is 22.6. The van der Waals surface area contributed by atoms with Crippen molar-refractivity contribution in [2.75, 3.05) is 11.7 Å². The van der Waals surface area contributed by atoms with E-state index >= 15 is 0 Å². The molecule has 2 aliphatic rings. The molecule has 2 aromatic carbocycles. The Morgan fingerprint density at radius 3 is 2.55 bits per heavy atom. The minimum Gasteiger partial charge on any atom is -0.454 e. The molecule has 0 saturated heterocycles. The van der Waals surface area contributed by atoms with E-state index in [9.17, 15) is 9.59 Å². The van der Waals surface area contributed by atoms with E-state index in [-0.39, 0.29) is 31.1 Å². The summed E-state index contributed by atoms with van der Waals surface area (Å²) in [5.41, 5.74) is 1.38. The minimum atomic E-state index is -0.792. The van der Waals surface area contributed by atoms with Crippen molar-refractivity contribution in [3.05, 3.63) is 76.5 Å². The fraction of sp³-hybridized carbons (Fsp3) is 0.308. The molecule has 1 aromatic heterocycles. The van der Waals surface area contributed by atoms with Crippen molar-refractivity contribution in [2.45, 2.75) is 44.2 Å². The second kappa shape index (κ2) is 9.67. The molecule has 0 radical (unpaired) electrons.